The molecule has 0 bridgehead atoms. The maximum Gasteiger partial charge on any atom is 0.303 e. The number of Topliss-reactive ketones (excluding diaryl/α,β-unsaturated/α-hetero) is 2. The molecule has 0 spiro atoms. The van der Waals surface area contributed by atoms with E-state index >= 15 is 0 Å². The molecule has 0 saturated carbocycles. The lowest BCUT2D eigenvalue weighted by molar-refractivity contribution is -0.185. The van der Waals surface area contributed by atoms with Crippen molar-refractivity contribution >= 4 is 61.3 Å². The third-order valence-corrected chi connectivity index (χ3v) is 3.49. The van der Waals surface area contributed by atoms with Crippen molar-refractivity contribution in [1.82, 2.24) is 0 Å². The van der Waals surface area contributed by atoms with Gasteiger partial charge in [0.05, 0.1) is 10.7 Å². The molecule has 1 unspecified atom stereocenters. The maximum absolute atomic E-state index is 12.0. The number of halogens is 2. The van der Waals surface area contributed by atoms with Crippen LogP contribution in [0.15, 0.2) is 0 Å². The molecule has 0 radical (unpaired) electrons. The van der Waals surface area contributed by atoms with E-state index in [1.165, 1.54) is 0 Å². The van der Waals surface area contributed by atoms with E-state index in [1.807, 2.05) is 0 Å². The molecule has 130 valence electrons. The smallest absolute Gasteiger partial charge is 0.303 e. The van der Waals surface area contributed by atoms with Gasteiger partial charge in [0, 0.05) is 20.8 Å². The molecule has 0 aromatic heterocycles. The van der Waals surface area contributed by atoms with Gasteiger partial charge in [-0.3, -0.25) is 24.0 Å². The van der Waals surface area contributed by atoms with Gasteiger partial charge >= 0.3 is 17.9 Å². The fourth-order valence-corrected chi connectivity index (χ4v) is 2.25. The zero-order chi connectivity index (χ0) is 18.2. The van der Waals surface area contributed by atoms with Crippen LogP contribution in [0.1, 0.15) is 20.8 Å². The molecule has 0 aliphatic heterocycles. The molecule has 0 aliphatic rings. The third kappa shape index (κ3) is 7.69. The first-order valence-corrected chi connectivity index (χ1v) is 8.57. The number of ketones is 2. The molecule has 8 nitrogen and oxygen atoms in total. The number of hydrogen-bond donors (Lipinski definition) is 0. The highest BCUT2D eigenvalue weighted by Gasteiger charge is 2.43. The monoisotopic (exact) mass is 458 g/mol. The molecule has 0 fully saturated rings. The van der Waals surface area contributed by atoms with Gasteiger partial charge in [0.15, 0.2) is 17.7 Å². The minimum atomic E-state index is -1.59. The second-order valence-electron chi connectivity index (χ2n) is 4.33. The molecule has 10 heteroatoms. The summed E-state index contributed by atoms with van der Waals surface area (Å²) < 4.78 is 14.7. The van der Waals surface area contributed by atoms with Crippen molar-refractivity contribution in [1.29, 1.82) is 0 Å². The Hall–Kier alpha value is -1.29. The summed E-state index contributed by atoms with van der Waals surface area (Å²) in [5.74, 6) is -3.81. The first-order valence-electron chi connectivity index (χ1n) is 6.33. The zero-order valence-corrected chi connectivity index (χ0v) is 15.8. The Balaban J connectivity index is 5.82. The Labute approximate surface area is 149 Å². The Kier molecular flexibility index (Phi) is 9.89. The van der Waals surface area contributed by atoms with Crippen LogP contribution in [0.2, 0.25) is 0 Å². The van der Waals surface area contributed by atoms with E-state index in [0.717, 1.165) is 20.8 Å². The minimum absolute atomic E-state index is 0.224. The maximum atomic E-state index is 12.0. The largest absolute Gasteiger partial charge is 0.454 e. The second kappa shape index (κ2) is 10.5. The highest BCUT2D eigenvalue weighted by molar-refractivity contribution is 9.09. The van der Waals surface area contributed by atoms with Crippen molar-refractivity contribution < 1.29 is 38.2 Å². The summed E-state index contributed by atoms with van der Waals surface area (Å²) >= 11 is 5.82. The second-order valence-corrected chi connectivity index (χ2v) is 5.46. The summed E-state index contributed by atoms with van der Waals surface area (Å²) in [6.07, 6.45) is -4.78. The molecule has 0 heterocycles. The summed E-state index contributed by atoms with van der Waals surface area (Å²) in [7, 11) is 0. The van der Waals surface area contributed by atoms with Crippen LogP contribution in [0.25, 0.3) is 0 Å². The molecule has 0 aliphatic carbocycles. The number of ether oxygens (including phenoxy) is 3. The van der Waals surface area contributed by atoms with E-state index in [0.29, 0.717) is 0 Å². The third-order valence-electron chi connectivity index (χ3n) is 2.38. The van der Waals surface area contributed by atoms with Crippen molar-refractivity contribution in [3.63, 3.8) is 0 Å². The van der Waals surface area contributed by atoms with Gasteiger partial charge in [0.1, 0.15) is 0 Å². The predicted octanol–water partition coefficient (Wildman–Crippen LogP) is 0.710. The van der Waals surface area contributed by atoms with Crippen LogP contribution in [-0.2, 0) is 38.2 Å². The van der Waals surface area contributed by atoms with E-state index in [2.05, 4.69) is 31.9 Å². The molecule has 0 rings (SSSR count). The molecular weight excluding hydrogens is 444 g/mol. The summed E-state index contributed by atoms with van der Waals surface area (Å²) in [6, 6.07) is 0. The summed E-state index contributed by atoms with van der Waals surface area (Å²) in [4.78, 5) is 57.7. The van der Waals surface area contributed by atoms with Crippen molar-refractivity contribution in [3.8, 4) is 0 Å². The number of esters is 3. The van der Waals surface area contributed by atoms with Crippen LogP contribution in [0.5, 0.6) is 0 Å². The molecule has 0 amide bonds. The Morgan fingerprint density at radius 3 is 1.22 bits per heavy atom. The van der Waals surface area contributed by atoms with Gasteiger partial charge in [-0.15, -0.1) is 0 Å². The molecule has 0 saturated heterocycles. The van der Waals surface area contributed by atoms with Crippen LogP contribution in [0.3, 0.4) is 0 Å². The standard InChI is InChI=1S/C13H16Br2O8/c1-6(16)21-11(9(19)4-14)13(23-8(3)18)12(10(20)5-15)22-7(2)17/h11-13H,4-5H2,1-3H3/t11-,12+,13?. The SMILES string of the molecule is CC(=O)OC([C@H](OC(C)=O)C(=O)CBr)[C@@H](OC(C)=O)C(=O)CBr. The Morgan fingerprint density at radius 1 is 0.696 bits per heavy atom. The molecule has 0 aromatic rings. The first kappa shape index (κ1) is 21.7. The lowest BCUT2D eigenvalue weighted by Gasteiger charge is -2.29. The number of carbonyl (C=O) groups excluding carboxylic acids is 5. The average molecular weight is 460 g/mol. The van der Waals surface area contributed by atoms with Crippen molar-refractivity contribution in [3.05, 3.63) is 0 Å². The van der Waals surface area contributed by atoms with Gasteiger partial charge in [-0.25, -0.2) is 0 Å². The first-order chi connectivity index (χ1) is 10.6. The molecular formula is C13H16Br2O8. The topological polar surface area (TPSA) is 113 Å². The molecule has 0 N–H and O–H groups in total. The number of carbonyl (C=O) groups is 5. The molecule has 3 atom stereocenters. The fraction of sp³-hybridized carbons (Fsp3) is 0.615. The van der Waals surface area contributed by atoms with Gasteiger partial charge < -0.3 is 14.2 Å². The predicted molar refractivity (Wildman–Crippen MR) is 84.3 cm³/mol. The average Bonchev–Trinajstić information content (AvgIpc) is 2.46. The Morgan fingerprint density at radius 2 is 1.00 bits per heavy atom. The minimum Gasteiger partial charge on any atom is -0.454 e. The van der Waals surface area contributed by atoms with Gasteiger partial charge in [-0.05, 0) is 0 Å². The van der Waals surface area contributed by atoms with Crippen LogP contribution in [-0.4, -0.2) is 58.4 Å². The van der Waals surface area contributed by atoms with Gasteiger partial charge in [0.25, 0.3) is 0 Å². The van der Waals surface area contributed by atoms with E-state index < -0.39 is 47.8 Å². The summed E-state index contributed by atoms with van der Waals surface area (Å²) in [6.45, 7) is 3.14. The highest BCUT2D eigenvalue weighted by atomic mass is 79.9. The van der Waals surface area contributed by atoms with Crippen molar-refractivity contribution in [2.45, 2.75) is 39.1 Å². The highest BCUT2D eigenvalue weighted by Crippen LogP contribution is 2.17. The van der Waals surface area contributed by atoms with Crippen LogP contribution in [0, 0.1) is 0 Å². The summed E-state index contributed by atoms with van der Waals surface area (Å²) in [5, 5.41) is -0.448. The van der Waals surface area contributed by atoms with Gasteiger partial charge in [0.2, 0.25) is 12.2 Å². The van der Waals surface area contributed by atoms with E-state index in [1.54, 1.807) is 0 Å². The van der Waals surface area contributed by atoms with E-state index in [4.69, 9.17) is 14.2 Å². The normalized spacial score (nSPS) is 14.1. The van der Waals surface area contributed by atoms with E-state index in [-0.39, 0.29) is 10.7 Å². The van der Waals surface area contributed by atoms with Crippen molar-refractivity contribution in [2.75, 3.05) is 10.7 Å². The zero-order valence-electron chi connectivity index (χ0n) is 12.7. The molecule has 23 heavy (non-hydrogen) atoms. The van der Waals surface area contributed by atoms with Crippen LogP contribution in [0.4, 0.5) is 0 Å². The van der Waals surface area contributed by atoms with Gasteiger partial charge in [-0.1, -0.05) is 31.9 Å². The number of hydrogen-bond acceptors (Lipinski definition) is 8. The Bertz CT molecular complexity index is 454. The number of alkyl halides is 2. The van der Waals surface area contributed by atoms with Crippen molar-refractivity contribution in [2.24, 2.45) is 0 Å². The number of rotatable bonds is 9. The van der Waals surface area contributed by atoms with Crippen LogP contribution >= 0.6 is 31.9 Å². The lowest BCUT2D eigenvalue weighted by atomic mass is 10.0. The quantitative estimate of drug-likeness (QED) is 0.281. The van der Waals surface area contributed by atoms with Gasteiger partial charge in [-0.2, -0.15) is 0 Å². The fourth-order valence-electron chi connectivity index (χ4n) is 1.62. The summed E-state index contributed by atoms with van der Waals surface area (Å²) in [5.41, 5.74) is 0. The lowest BCUT2D eigenvalue weighted by Crippen LogP contribution is -2.52. The molecule has 0 aromatic carbocycles. The van der Waals surface area contributed by atoms with E-state index in [9.17, 15) is 24.0 Å². The van der Waals surface area contributed by atoms with Crippen LogP contribution < -0.4 is 0 Å².